The van der Waals surface area contributed by atoms with Crippen LogP contribution in [0.3, 0.4) is 0 Å². The first-order valence-electron chi connectivity index (χ1n) is 7.81. The molecule has 0 aromatic carbocycles. The fourth-order valence-electron chi connectivity index (χ4n) is 3.01. The zero-order valence-electron chi connectivity index (χ0n) is 13.8. The Hall–Kier alpha value is -1.00. The van der Waals surface area contributed by atoms with Gasteiger partial charge in [-0.15, -0.1) is 0 Å². The van der Waals surface area contributed by atoms with Crippen molar-refractivity contribution in [3.8, 4) is 0 Å². The molecule has 0 amide bonds. The Balaban J connectivity index is 1.93. The van der Waals surface area contributed by atoms with Gasteiger partial charge in [0.05, 0.1) is 40.2 Å². The number of rotatable bonds is 4. The van der Waals surface area contributed by atoms with Gasteiger partial charge in [-0.05, 0) is 13.8 Å². The van der Waals surface area contributed by atoms with Crippen LogP contribution in [0.25, 0.3) is 0 Å². The topological polar surface area (TPSA) is 16.8 Å². The van der Waals surface area contributed by atoms with Gasteiger partial charge >= 0.3 is 0 Å². The standard InChI is InChI=1S/C16H31N4/c1-15(2)20(5)12-10-19(4,11-13-20)9-7-16-6-8-17-14-18(16)3/h6,8,14-15H,7,9-13H2,1-5H3/q+3. The van der Waals surface area contributed by atoms with Crippen molar-refractivity contribution < 1.29 is 13.5 Å². The number of quaternary nitrogens is 2. The smallest absolute Gasteiger partial charge is 0.286 e. The molecule has 0 atom stereocenters. The fourth-order valence-corrected chi connectivity index (χ4v) is 3.01. The highest BCUT2D eigenvalue weighted by atomic mass is 15.5. The average molecular weight is 279 g/mol. The quantitative estimate of drug-likeness (QED) is 0.587. The molecule has 1 aliphatic heterocycles. The summed E-state index contributed by atoms with van der Waals surface area (Å²) in [4.78, 5) is 4.15. The highest BCUT2D eigenvalue weighted by Crippen LogP contribution is 2.19. The summed E-state index contributed by atoms with van der Waals surface area (Å²) in [5.74, 6) is 0. The van der Waals surface area contributed by atoms with E-state index in [2.05, 4.69) is 50.6 Å². The van der Waals surface area contributed by atoms with Gasteiger partial charge < -0.3 is 8.97 Å². The molecular formula is C16H31N4+3. The van der Waals surface area contributed by atoms with E-state index < -0.39 is 0 Å². The molecule has 4 nitrogen and oxygen atoms in total. The summed E-state index contributed by atoms with van der Waals surface area (Å²) in [6, 6.07) is 2.88. The lowest BCUT2D eigenvalue weighted by atomic mass is 10.1. The van der Waals surface area contributed by atoms with Crippen LogP contribution in [0, 0.1) is 0 Å². The first kappa shape index (κ1) is 15.4. The molecule has 0 aliphatic carbocycles. The summed E-state index contributed by atoms with van der Waals surface area (Å²) in [6.45, 7) is 11.1. The molecule has 0 unspecified atom stereocenters. The molecule has 20 heavy (non-hydrogen) atoms. The number of nitrogens with zero attached hydrogens (tertiary/aromatic N) is 4. The first-order valence-corrected chi connectivity index (χ1v) is 7.81. The third-order valence-corrected chi connectivity index (χ3v) is 5.50. The van der Waals surface area contributed by atoms with Crippen molar-refractivity contribution in [2.24, 2.45) is 7.05 Å². The number of piperazine rings is 1. The molecule has 0 bridgehead atoms. The molecule has 1 fully saturated rings. The lowest BCUT2D eigenvalue weighted by Crippen LogP contribution is -2.66. The van der Waals surface area contributed by atoms with E-state index in [1.54, 1.807) is 0 Å². The molecule has 4 heteroatoms. The minimum absolute atomic E-state index is 0.738. The molecule has 1 aromatic rings. The molecule has 1 aliphatic rings. The third kappa shape index (κ3) is 3.36. The van der Waals surface area contributed by atoms with E-state index in [0.717, 1.165) is 12.5 Å². The number of likely N-dealkylation sites (N-methyl/N-ethyl adjacent to an activating group) is 2. The molecule has 0 N–H and O–H groups in total. The number of aromatic nitrogens is 2. The monoisotopic (exact) mass is 279 g/mol. The van der Waals surface area contributed by atoms with Crippen molar-refractivity contribution in [3.05, 3.63) is 24.3 Å². The van der Waals surface area contributed by atoms with Gasteiger partial charge in [-0.25, -0.2) is 4.57 Å². The van der Waals surface area contributed by atoms with Gasteiger partial charge in [0.1, 0.15) is 38.1 Å². The highest BCUT2D eigenvalue weighted by Gasteiger charge is 2.38. The zero-order valence-corrected chi connectivity index (χ0v) is 13.8. The summed E-state index contributed by atoms with van der Waals surface area (Å²) in [5.41, 5.74) is 1.38. The van der Waals surface area contributed by atoms with Crippen LogP contribution in [0.15, 0.2) is 18.6 Å². The van der Waals surface area contributed by atoms with Crippen LogP contribution in [0.2, 0.25) is 0 Å². The normalized spacial score (nSPS) is 30.7. The Kier molecular flexibility index (Phi) is 4.45. The van der Waals surface area contributed by atoms with Gasteiger partial charge in [-0.3, -0.25) is 0 Å². The van der Waals surface area contributed by atoms with E-state index in [9.17, 15) is 0 Å². The van der Waals surface area contributed by atoms with E-state index in [0.29, 0.717) is 0 Å². The van der Waals surface area contributed by atoms with Crippen LogP contribution in [-0.2, 0) is 13.5 Å². The molecular weight excluding hydrogens is 248 g/mol. The molecule has 0 radical (unpaired) electrons. The fraction of sp³-hybridized carbons (Fsp3) is 0.750. The Morgan fingerprint density at radius 3 is 2.40 bits per heavy atom. The number of hydrogen-bond acceptors (Lipinski definition) is 1. The molecule has 1 saturated heterocycles. The number of aryl methyl sites for hydroxylation is 1. The van der Waals surface area contributed by atoms with Crippen molar-refractivity contribution in [2.75, 3.05) is 46.8 Å². The molecule has 2 rings (SSSR count). The Labute approximate surface area is 123 Å². The van der Waals surface area contributed by atoms with Crippen molar-refractivity contribution >= 4 is 0 Å². The number of hydrogen-bond donors (Lipinski definition) is 0. The minimum atomic E-state index is 0.738. The van der Waals surface area contributed by atoms with Crippen molar-refractivity contribution in [1.29, 1.82) is 0 Å². The lowest BCUT2D eigenvalue weighted by molar-refractivity contribution is -1.02. The van der Waals surface area contributed by atoms with Gasteiger partial charge in [0.2, 0.25) is 0 Å². The molecule has 112 valence electrons. The summed E-state index contributed by atoms with van der Waals surface area (Å²) in [7, 11) is 6.92. The Morgan fingerprint density at radius 2 is 1.85 bits per heavy atom. The van der Waals surface area contributed by atoms with Gasteiger partial charge in [0.25, 0.3) is 6.33 Å². The van der Waals surface area contributed by atoms with Crippen LogP contribution >= 0.6 is 0 Å². The van der Waals surface area contributed by atoms with Crippen LogP contribution in [-0.4, -0.2) is 66.8 Å². The van der Waals surface area contributed by atoms with Gasteiger partial charge in [-0.1, -0.05) is 4.98 Å². The zero-order chi connectivity index (χ0) is 14.8. The Bertz CT molecular complexity index is 448. The second-order valence-corrected chi connectivity index (χ2v) is 7.24. The van der Waals surface area contributed by atoms with E-state index in [4.69, 9.17) is 0 Å². The average Bonchev–Trinajstić information content (AvgIpc) is 2.42. The summed E-state index contributed by atoms with van der Waals surface area (Å²) in [6.07, 6.45) is 4.94. The lowest BCUT2D eigenvalue weighted by Gasteiger charge is -2.48. The van der Waals surface area contributed by atoms with E-state index in [1.807, 2.05) is 12.5 Å². The first-order chi connectivity index (χ1) is 9.35. The molecule has 0 saturated carbocycles. The predicted octanol–water partition coefficient (Wildman–Crippen LogP) is 0.764. The Morgan fingerprint density at radius 1 is 1.20 bits per heavy atom. The largest absolute Gasteiger partial charge is 0.316 e. The minimum Gasteiger partial charge on any atom is -0.316 e. The van der Waals surface area contributed by atoms with Crippen molar-refractivity contribution in [3.63, 3.8) is 0 Å². The SMILES string of the molecule is CC(C)[N+]1(C)CC[N+](C)(CCc2ccnc[n+]2C)CC1. The summed E-state index contributed by atoms with van der Waals surface area (Å²) in [5, 5.41) is 0. The molecule has 2 heterocycles. The van der Waals surface area contributed by atoms with Gasteiger partial charge in [0, 0.05) is 6.07 Å². The summed E-state index contributed by atoms with van der Waals surface area (Å²) >= 11 is 0. The van der Waals surface area contributed by atoms with E-state index in [-0.39, 0.29) is 0 Å². The third-order valence-electron chi connectivity index (χ3n) is 5.50. The van der Waals surface area contributed by atoms with Crippen LogP contribution in [0.1, 0.15) is 19.5 Å². The summed E-state index contributed by atoms with van der Waals surface area (Å²) < 4.78 is 4.59. The molecule has 1 aromatic heterocycles. The van der Waals surface area contributed by atoms with Crippen LogP contribution in [0.5, 0.6) is 0 Å². The maximum atomic E-state index is 4.15. The second-order valence-electron chi connectivity index (χ2n) is 7.24. The highest BCUT2D eigenvalue weighted by molar-refractivity contribution is 4.91. The van der Waals surface area contributed by atoms with Crippen LogP contribution in [0.4, 0.5) is 0 Å². The van der Waals surface area contributed by atoms with Gasteiger partial charge in [0.15, 0.2) is 0 Å². The van der Waals surface area contributed by atoms with E-state index >= 15 is 0 Å². The van der Waals surface area contributed by atoms with Crippen LogP contribution < -0.4 is 4.57 Å². The van der Waals surface area contributed by atoms with Crippen molar-refractivity contribution in [2.45, 2.75) is 26.3 Å². The van der Waals surface area contributed by atoms with Gasteiger partial charge in [-0.2, -0.15) is 0 Å². The maximum absolute atomic E-state index is 4.15. The van der Waals surface area contributed by atoms with Crippen molar-refractivity contribution in [1.82, 2.24) is 4.98 Å². The van der Waals surface area contributed by atoms with E-state index in [1.165, 1.54) is 47.4 Å². The second kappa shape index (κ2) is 5.78. The molecule has 0 spiro atoms. The predicted molar refractivity (Wildman–Crippen MR) is 81.0 cm³/mol. The maximum Gasteiger partial charge on any atom is 0.286 e.